The smallest absolute Gasteiger partial charge is 0.243 e. The molecule has 0 unspecified atom stereocenters. The van der Waals surface area contributed by atoms with Gasteiger partial charge in [-0.3, -0.25) is 14.8 Å². The summed E-state index contributed by atoms with van der Waals surface area (Å²) >= 11 is 0. The van der Waals surface area contributed by atoms with E-state index in [9.17, 15) is 9.18 Å². The number of aryl methyl sites for hydroxylation is 1. The van der Waals surface area contributed by atoms with Crippen molar-refractivity contribution >= 4 is 17.8 Å². The molecule has 39 heavy (non-hydrogen) atoms. The quantitative estimate of drug-likeness (QED) is 0.413. The van der Waals surface area contributed by atoms with Crippen molar-refractivity contribution in [3.63, 3.8) is 0 Å². The second kappa shape index (κ2) is 14.1. The maximum atomic E-state index is 13.4. The van der Waals surface area contributed by atoms with Crippen LogP contribution in [0.25, 0.3) is 11.8 Å². The molecule has 1 aromatic heterocycles. The lowest BCUT2D eigenvalue weighted by molar-refractivity contribution is -0.144. The summed E-state index contributed by atoms with van der Waals surface area (Å²) in [6.45, 7) is 11.5. The number of aliphatic imine (C=N–C) groups is 1. The van der Waals surface area contributed by atoms with Gasteiger partial charge in [-0.1, -0.05) is 45.9 Å². The Kier molecular flexibility index (Phi) is 10.7. The topological polar surface area (TPSA) is 72.2 Å². The van der Waals surface area contributed by atoms with Gasteiger partial charge in [0.1, 0.15) is 18.2 Å². The van der Waals surface area contributed by atoms with E-state index in [1.807, 2.05) is 74.7 Å². The molecule has 0 N–H and O–H groups in total. The third-order valence-corrected chi connectivity index (χ3v) is 5.93. The number of imidazole rings is 1. The number of nitrogens with zero attached hydrogens (tertiary/aromatic N) is 5. The van der Waals surface area contributed by atoms with Crippen LogP contribution in [0.5, 0.6) is 5.75 Å². The first-order chi connectivity index (χ1) is 19.0. The summed E-state index contributed by atoms with van der Waals surface area (Å²) < 4.78 is 26.9. The number of benzene rings is 2. The lowest BCUT2D eigenvalue weighted by Crippen LogP contribution is -2.52. The maximum absolute atomic E-state index is 13.4. The molecular weight excluding hydrogens is 497 g/mol. The Morgan fingerprint density at radius 1 is 1.10 bits per heavy atom. The predicted octanol–water partition coefficient (Wildman–Crippen LogP) is 5.80. The molecule has 0 radical (unpaired) electrons. The summed E-state index contributed by atoms with van der Waals surface area (Å²) in [6.07, 6.45) is 5.88. The highest BCUT2D eigenvalue weighted by atomic mass is 19.1. The molecule has 0 bridgehead atoms. The number of hydrogen-bond acceptors (Lipinski definition) is 6. The number of hydrogen-bond donors (Lipinski definition) is 0. The summed E-state index contributed by atoms with van der Waals surface area (Å²) in [5.41, 5.74) is 3.51. The fourth-order valence-electron chi connectivity index (χ4n) is 4.20. The van der Waals surface area contributed by atoms with E-state index in [-0.39, 0.29) is 11.7 Å². The predicted molar refractivity (Wildman–Crippen MR) is 152 cm³/mol. The number of carbonyl (C=O) groups excluding carboxylic acids is 1. The van der Waals surface area contributed by atoms with E-state index in [1.54, 1.807) is 30.6 Å². The second-order valence-corrected chi connectivity index (χ2v) is 8.37. The van der Waals surface area contributed by atoms with Crippen LogP contribution in [-0.4, -0.2) is 58.1 Å². The van der Waals surface area contributed by atoms with Crippen LogP contribution < -0.4 is 4.74 Å². The van der Waals surface area contributed by atoms with Gasteiger partial charge in [0.25, 0.3) is 0 Å². The van der Waals surface area contributed by atoms with Gasteiger partial charge in [0.15, 0.2) is 11.6 Å². The first-order valence-electron chi connectivity index (χ1n) is 13.4. The van der Waals surface area contributed by atoms with Crippen molar-refractivity contribution in [1.29, 1.82) is 0 Å². The van der Waals surface area contributed by atoms with Crippen LogP contribution in [0.2, 0.25) is 0 Å². The number of hydrazine groups is 1. The molecule has 3 aromatic rings. The molecule has 0 aliphatic carbocycles. The van der Waals surface area contributed by atoms with Crippen molar-refractivity contribution in [3.8, 4) is 11.4 Å². The minimum atomic E-state index is -0.306. The van der Waals surface area contributed by atoms with E-state index in [0.717, 1.165) is 22.5 Å². The van der Waals surface area contributed by atoms with E-state index in [0.29, 0.717) is 50.0 Å². The summed E-state index contributed by atoms with van der Waals surface area (Å²) in [6, 6.07) is 12.1. The molecule has 0 spiro atoms. The van der Waals surface area contributed by atoms with E-state index in [2.05, 4.69) is 9.98 Å². The Morgan fingerprint density at radius 2 is 1.85 bits per heavy atom. The number of rotatable bonds is 5. The summed E-state index contributed by atoms with van der Waals surface area (Å²) in [7, 11) is 1.63. The largest absolute Gasteiger partial charge is 0.495 e. The van der Waals surface area contributed by atoms with Gasteiger partial charge in [-0.2, -0.15) is 0 Å². The maximum Gasteiger partial charge on any atom is 0.243 e. The summed E-state index contributed by atoms with van der Waals surface area (Å²) in [5.74, 6) is 1.55. The normalized spacial score (nSPS) is 15.6. The number of aromatic nitrogens is 2. The van der Waals surface area contributed by atoms with Crippen LogP contribution in [0.15, 0.2) is 65.7 Å². The molecule has 1 saturated heterocycles. The molecule has 0 saturated carbocycles. The van der Waals surface area contributed by atoms with Crippen LogP contribution in [0, 0.1) is 12.7 Å². The highest BCUT2D eigenvalue weighted by Gasteiger charge is 2.32. The van der Waals surface area contributed by atoms with Gasteiger partial charge in [-0.05, 0) is 48.4 Å². The number of fused-ring (bicyclic) bond motifs is 1. The SMILES string of the molecule is CC.CC.COc1cc(/C=C2\OCCN3C2=NCCC(=O)N3Cc2ccc(F)cc2)ccc1-n1cnc(C)c1. The zero-order chi connectivity index (χ0) is 28.4. The fraction of sp³-hybridized carbons (Fsp3) is 0.367. The van der Waals surface area contributed by atoms with Crippen molar-refractivity contribution in [1.82, 2.24) is 19.6 Å². The average Bonchev–Trinajstić information content (AvgIpc) is 3.34. The lowest BCUT2D eigenvalue weighted by atomic mass is 10.1. The van der Waals surface area contributed by atoms with Gasteiger partial charge in [0.2, 0.25) is 5.91 Å². The van der Waals surface area contributed by atoms with Gasteiger partial charge in [0, 0.05) is 12.6 Å². The molecule has 1 amide bonds. The van der Waals surface area contributed by atoms with Crippen LogP contribution in [0.4, 0.5) is 4.39 Å². The van der Waals surface area contributed by atoms with Crippen LogP contribution >= 0.6 is 0 Å². The number of amidine groups is 1. The molecule has 2 aromatic carbocycles. The minimum absolute atomic E-state index is 0.0315. The zero-order valence-electron chi connectivity index (χ0n) is 23.6. The van der Waals surface area contributed by atoms with Gasteiger partial charge < -0.3 is 14.0 Å². The molecule has 8 nitrogen and oxygen atoms in total. The fourth-order valence-corrected chi connectivity index (χ4v) is 4.20. The first kappa shape index (κ1) is 29.4. The molecule has 2 aliphatic rings. The van der Waals surface area contributed by atoms with Gasteiger partial charge in [-0.15, -0.1) is 0 Å². The second-order valence-electron chi connectivity index (χ2n) is 8.37. The van der Waals surface area contributed by atoms with Crippen LogP contribution in [0.3, 0.4) is 0 Å². The third kappa shape index (κ3) is 7.04. The lowest BCUT2D eigenvalue weighted by Gasteiger charge is -2.39. The van der Waals surface area contributed by atoms with Crippen molar-refractivity contribution in [2.75, 3.05) is 26.8 Å². The molecule has 208 valence electrons. The Morgan fingerprint density at radius 3 is 2.51 bits per heavy atom. The number of methoxy groups -OCH3 is 1. The van der Waals surface area contributed by atoms with E-state index < -0.39 is 0 Å². The Bertz CT molecular complexity index is 1300. The van der Waals surface area contributed by atoms with Gasteiger partial charge >= 0.3 is 0 Å². The van der Waals surface area contributed by atoms with Crippen LogP contribution in [0.1, 0.15) is 50.9 Å². The number of ether oxygens (including phenoxy) is 2. The number of carbonyl (C=O) groups is 1. The van der Waals surface area contributed by atoms with Crippen molar-refractivity contribution in [2.24, 2.45) is 4.99 Å². The van der Waals surface area contributed by atoms with Gasteiger partial charge in [0.05, 0.1) is 44.5 Å². The average molecular weight is 536 g/mol. The van der Waals surface area contributed by atoms with Crippen LogP contribution in [-0.2, 0) is 16.1 Å². The molecule has 0 atom stereocenters. The summed E-state index contributed by atoms with van der Waals surface area (Å²) in [5, 5.41) is 3.55. The Labute approximate surface area is 230 Å². The van der Waals surface area contributed by atoms with Crippen molar-refractivity contribution in [3.05, 3.63) is 83.4 Å². The molecule has 5 rings (SSSR count). The standard InChI is InChI=1S/C26H26FN5O3.2C2H6/c1-18-15-30(17-29-18)22-8-5-20(13-23(22)34-2)14-24-26-28-10-9-25(33)32(31(26)11-12-35-24)16-19-3-6-21(27)7-4-19;2*1-2/h3-8,13-15,17H,9-12,16H2,1-2H3;2*1-2H3/b24-14-;;. The van der Waals surface area contributed by atoms with E-state index in [1.165, 1.54) is 12.1 Å². The molecule has 3 heterocycles. The summed E-state index contributed by atoms with van der Waals surface area (Å²) in [4.78, 5) is 21.9. The van der Waals surface area contributed by atoms with Crippen molar-refractivity contribution in [2.45, 2.75) is 47.6 Å². The number of halogens is 1. The molecule has 2 aliphatic heterocycles. The number of morpholine rings is 1. The Balaban J connectivity index is 0.00000100. The zero-order valence-corrected chi connectivity index (χ0v) is 23.6. The molecule has 9 heteroatoms. The van der Waals surface area contributed by atoms with E-state index in [4.69, 9.17) is 9.47 Å². The minimum Gasteiger partial charge on any atom is -0.495 e. The highest BCUT2D eigenvalue weighted by Crippen LogP contribution is 2.28. The highest BCUT2D eigenvalue weighted by molar-refractivity contribution is 6.02. The number of amides is 1. The van der Waals surface area contributed by atoms with Crippen molar-refractivity contribution < 1.29 is 18.7 Å². The molecular formula is C30H38FN5O3. The first-order valence-corrected chi connectivity index (χ1v) is 13.4. The van der Waals surface area contributed by atoms with E-state index >= 15 is 0 Å². The monoisotopic (exact) mass is 535 g/mol. The Hall–Kier alpha value is -4.14. The third-order valence-electron chi connectivity index (χ3n) is 5.93. The molecule has 1 fully saturated rings. The van der Waals surface area contributed by atoms with Gasteiger partial charge in [-0.25, -0.2) is 14.4 Å².